The number of nitrogens with one attached hydrogen (secondary N) is 1. The lowest BCUT2D eigenvalue weighted by molar-refractivity contribution is 0.783. The Kier molecular flexibility index (Phi) is 1.48. The van der Waals surface area contributed by atoms with Gasteiger partial charge < -0.3 is 0 Å². The summed E-state index contributed by atoms with van der Waals surface area (Å²) in [5.41, 5.74) is -0.166. The Labute approximate surface area is 67.7 Å². The van der Waals surface area contributed by atoms with Gasteiger partial charge in [-0.25, -0.2) is 9.97 Å². The van der Waals surface area contributed by atoms with Crippen molar-refractivity contribution in [2.24, 2.45) is 0 Å². The maximum absolute atomic E-state index is 11.1. The number of aromatic nitrogens is 4. The first-order valence-electron chi connectivity index (χ1n) is 3.42. The molecule has 2 aromatic rings. The molecule has 0 saturated heterocycles. The van der Waals surface area contributed by atoms with Crippen LogP contribution in [-0.4, -0.2) is 19.7 Å². The lowest BCUT2D eigenvalue weighted by Crippen LogP contribution is -2.15. The highest BCUT2D eigenvalue weighted by molar-refractivity contribution is 5.07. The summed E-state index contributed by atoms with van der Waals surface area (Å²) in [5, 5.41) is 2.70. The van der Waals surface area contributed by atoms with Crippen LogP contribution in [0.4, 0.5) is 0 Å². The summed E-state index contributed by atoms with van der Waals surface area (Å²) in [6.07, 6.45) is 4.70. The fourth-order valence-corrected chi connectivity index (χ4v) is 0.884. The Morgan fingerprint density at radius 3 is 2.67 bits per heavy atom. The summed E-state index contributed by atoms with van der Waals surface area (Å²) in [7, 11) is 0. The van der Waals surface area contributed by atoms with Gasteiger partial charge in [0, 0.05) is 24.7 Å². The maximum Gasteiger partial charge on any atom is 0.273 e. The van der Waals surface area contributed by atoms with Crippen molar-refractivity contribution in [1.82, 2.24) is 19.7 Å². The summed E-state index contributed by atoms with van der Waals surface area (Å²) in [6.45, 7) is 0. The highest BCUT2D eigenvalue weighted by Crippen LogP contribution is 1.89. The fraction of sp³-hybridized carbons (Fsp3) is 0. The van der Waals surface area contributed by atoms with Crippen molar-refractivity contribution in [3.05, 3.63) is 41.1 Å². The number of nitrogens with zero attached hydrogens (tertiary/aromatic N) is 3. The highest BCUT2D eigenvalue weighted by Gasteiger charge is 1.99. The zero-order chi connectivity index (χ0) is 8.39. The zero-order valence-electron chi connectivity index (χ0n) is 6.14. The van der Waals surface area contributed by atoms with Crippen LogP contribution in [0.3, 0.4) is 0 Å². The first-order chi connectivity index (χ1) is 5.88. The number of H-pyrrole nitrogens is 1. The maximum atomic E-state index is 11.1. The van der Waals surface area contributed by atoms with Gasteiger partial charge in [0.05, 0.1) is 0 Å². The first-order valence-corrected chi connectivity index (χ1v) is 3.42. The van der Waals surface area contributed by atoms with Crippen LogP contribution < -0.4 is 5.56 Å². The van der Waals surface area contributed by atoms with E-state index < -0.39 is 0 Å². The van der Waals surface area contributed by atoms with Crippen LogP contribution in [0.25, 0.3) is 5.95 Å². The molecule has 0 fully saturated rings. The van der Waals surface area contributed by atoms with Gasteiger partial charge in [0.2, 0.25) is 0 Å². The average Bonchev–Trinajstić information content (AvgIpc) is 2.53. The topological polar surface area (TPSA) is 63.6 Å². The van der Waals surface area contributed by atoms with Gasteiger partial charge in [-0.15, -0.1) is 0 Å². The largest absolute Gasteiger partial charge is 0.296 e. The minimum absolute atomic E-state index is 0.166. The third kappa shape index (κ3) is 1.01. The molecule has 0 spiro atoms. The number of aromatic amines is 1. The van der Waals surface area contributed by atoms with E-state index in [2.05, 4.69) is 15.1 Å². The van der Waals surface area contributed by atoms with E-state index in [4.69, 9.17) is 0 Å². The predicted octanol–water partition coefficient (Wildman–Crippen LogP) is -0.0444. The molecule has 1 N–H and O–H groups in total. The molecule has 2 rings (SSSR count). The van der Waals surface area contributed by atoms with Crippen molar-refractivity contribution in [2.75, 3.05) is 0 Å². The number of hydrogen-bond acceptors (Lipinski definition) is 3. The van der Waals surface area contributed by atoms with Crippen LogP contribution in [-0.2, 0) is 0 Å². The molecule has 2 heterocycles. The molecule has 0 aromatic carbocycles. The van der Waals surface area contributed by atoms with Gasteiger partial charge in [-0.1, -0.05) is 0 Å². The summed E-state index contributed by atoms with van der Waals surface area (Å²) in [6, 6.07) is 3.10. The van der Waals surface area contributed by atoms with Crippen molar-refractivity contribution >= 4 is 0 Å². The smallest absolute Gasteiger partial charge is 0.273 e. The zero-order valence-corrected chi connectivity index (χ0v) is 6.14. The minimum atomic E-state index is -0.166. The van der Waals surface area contributed by atoms with Crippen molar-refractivity contribution in [3.63, 3.8) is 0 Å². The average molecular weight is 162 g/mol. The first kappa shape index (κ1) is 6.78. The van der Waals surface area contributed by atoms with Gasteiger partial charge in [-0.3, -0.25) is 9.89 Å². The van der Waals surface area contributed by atoms with E-state index in [1.165, 1.54) is 10.7 Å². The van der Waals surface area contributed by atoms with Crippen LogP contribution in [0, 0.1) is 0 Å². The van der Waals surface area contributed by atoms with Crippen LogP contribution >= 0.6 is 0 Å². The third-order valence-electron chi connectivity index (χ3n) is 1.40. The molecule has 5 nitrogen and oxygen atoms in total. The lowest BCUT2D eigenvalue weighted by atomic mass is 10.7. The van der Waals surface area contributed by atoms with Crippen LogP contribution in [0.2, 0.25) is 0 Å². The third-order valence-corrected chi connectivity index (χ3v) is 1.40. The molecule has 60 valence electrons. The van der Waals surface area contributed by atoms with Gasteiger partial charge in [0.1, 0.15) is 0 Å². The predicted molar refractivity (Wildman–Crippen MR) is 42.0 cm³/mol. The Hall–Kier alpha value is -1.91. The second-order valence-corrected chi connectivity index (χ2v) is 2.18. The van der Waals surface area contributed by atoms with Crippen molar-refractivity contribution in [2.45, 2.75) is 0 Å². The molecule has 0 unspecified atom stereocenters. The van der Waals surface area contributed by atoms with Crippen molar-refractivity contribution < 1.29 is 0 Å². The second-order valence-electron chi connectivity index (χ2n) is 2.18. The molecule has 0 bridgehead atoms. The highest BCUT2D eigenvalue weighted by atomic mass is 16.1. The van der Waals surface area contributed by atoms with Gasteiger partial charge in [-0.05, 0) is 6.07 Å². The molecular formula is C7H6N4O. The normalized spacial score (nSPS) is 10.0. The van der Waals surface area contributed by atoms with Gasteiger partial charge in [0.25, 0.3) is 11.5 Å². The van der Waals surface area contributed by atoms with E-state index >= 15 is 0 Å². The minimum Gasteiger partial charge on any atom is -0.296 e. The van der Waals surface area contributed by atoms with Crippen LogP contribution in [0.1, 0.15) is 0 Å². The Morgan fingerprint density at radius 2 is 2.08 bits per heavy atom. The molecule has 0 radical (unpaired) electrons. The quantitative estimate of drug-likeness (QED) is 0.639. The molecule has 0 aliphatic heterocycles. The van der Waals surface area contributed by atoms with Gasteiger partial charge >= 0.3 is 0 Å². The van der Waals surface area contributed by atoms with E-state index in [1.807, 2.05) is 0 Å². The molecule has 0 aliphatic rings. The summed E-state index contributed by atoms with van der Waals surface area (Å²) in [4.78, 5) is 18.9. The van der Waals surface area contributed by atoms with Gasteiger partial charge in [-0.2, -0.15) is 4.68 Å². The van der Waals surface area contributed by atoms with Crippen molar-refractivity contribution in [1.29, 1.82) is 0 Å². The summed E-state index contributed by atoms with van der Waals surface area (Å²) in [5.74, 6) is 0.354. The summed E-state index contributed by atoms with van der Waals surface area (Å²) >= 11 is 0. The van der Waals surface area contributed by atoms with Crippen LogP contribution in [0.15, 0.2) is 35.5 Å². The standard InChI is InChI=1S/C7H6N4O/c12-6-2-5-10-11(6)7-8-3-1-4-9-7/h1-5,10H. The Morgan fingerprint density at radius 1 is 1.33 bits per heavy atom. The SMILES string of the molecule is O=c1cc[nH]n1-c1ncccn1. The van der Waals surface area contributed by atoms with Crippen molar-refractivity contribution in [3.8, 4) is 5.95 Å². The number of rotatable bonds is 1. The molecule has 0 saturated carbocycles. The molecule has 0 atom stereocenters. The fourth-order valence-electron chi connectivity index (χ4n) is 0.884. The van der Waals surface area contributed by atoms with Crippen LogP contribution in [0.5, 0.6) is 0 Å². The Bertz CT molecular complexity index is 416. The van der Waals surface area contributed by atoms with E-state index in [0.717, 1.165) is 0 Å². The molecule has 0 amide bonds. The molecular weight excluding hydrogens is 156 g/mol. The lowest BCUT2D eigenvalue weighted by Gasteiger charge is -1.95. The van der Waals surface area contributed by atoms with E-state index in [-0.39, 0.29) is 5.56 Å². The molecule has 2 aromatic heterocycles. The molecule has 0 aliphatic carbocycles. The molecule has 12 heavy (non-hydrogen) atoms. The monoisotopic (exact) mass is 162 g/mol. The van der Waals surface area contributed by atoms with E-state index in [0.29, 0.717) is 5.95 Å². The van der Waals surface area contributed by atoms with E-state index in [1.54, 1.807) is 24.7 Å². The number of hydrogen-bond donors (Lipinski definition) is 1. The molecule has 5 heteroatoms. The van der Waals surface area contributed by atoms with Gasteiger partial charge in [0.15, 0.2) is 0 Å². The Balaban J connectivity index is 2.59. The second kappa shape index (κ2) is 2.61. The van der Waals surface area contributed by atoms with E-state index in [9.17, 15) is 4.79 Å². The summed E-state index contributed by atoms with van der Waals surface area (Å²) < 4.78 is 1.26.